The molecule has 0 bridgehead atoms. The molecule has 3 heteroatoms. The highest BCUT2D eigenvalue weighted by Crippen LogP contribution is 2.15. The lowest BCUT2D eigenvalue weighted by molar-refractivity contribution is 0.234. The van der Waals surface area contributed by atoms with Gasteiger partial charge in [-0.05, 0) is 37.1 Å². The highest BCUT2D eigenvalue weighted by Gasteiger charge is 2.17. The zero-order valence-corrected chi connectivity index (χ0v) is 12.1. The highest BCUT2D eigenvalue weighted by molar-refractivity contribution is 5.39. The standard InChI is InChI=1S/C17H23NO2/c1-15-8-9-18(14-15)10-12-20-17-7-4-6-16(13-17)5-2-3-11-19/h4,6-7,13,15,19H,3,8-12,14H2,1H3. The van der Waals surface area contributed by atoms with Crippen LogP contribution in [0.4, 0.5) is 0 Å². The minimum Gasteiger partial charge on any atom is -0.492 e. The van der Waals surface area contributed by atoms with E-state index in [0.717, 1.165) is 30.4 Å². The van der Waals surface area contributed by atoms with E-state index in [2.05, 4.69) is 23.7 Å². The molecule has 20 heavy (non-hydrogen) atoms. The first-order valence-corrected chi connectivity index (χ1v) is 7.33. The third-order valence-electron chi connectivity index (χ3n) is 3.49. The number of nitrogens with zero attached hydrogens (tertiary/aromatic N) is 1. The van der Waals surface area contributed by atoms with Crippen molar-refractivity contribution in [2.75, 3.05) is 32.8 Å². The summed E-state index contributed by atoms with van der Waals surface area (Å²) in [7, 11) is 0. The molecule has 1 atom stereocenters. The second kappa shape index (κ2) is 7.94. The van der Waals surface area contributed by atoms with Gasteiger partial charge >= 0.3 is 0 Å². The molecular formula is C17H23NO2. The molecule has 1 saturated heterocycles. The van der Waals surface area contributed by atoms with Crippen LogP contribution in [0.5, 0.6) is 5.75 Å². The topological polar surface area (TPSA) is 32.7 Å². The first-order chi connectivity index (χ1) is 9.78. The Hall–Kier alpha value is -1.50. The molecule has 1 heterocycles. The summed E-state index contributed by atoms with van der Waals surface area (Å²) in [6, 6.07) is 7.83. The van der Waals surface area contributed by atoms with Gasteiger partial charge in [0.25, 0.3) is 0 Å². The molecule has 3 nitrogen and oxygen atoms in total. The second-order valence-corrected chi connectivity index (χ2v) is 5.35. The molecule has 0 aromatic heterocycles. The summed E-state index contributed by atoms with van der Waals surface area (Å²) >= 11 is 0. The first-order valence-electron chi connectivity index (χ1n) is 7.33. The van der Waals surface area contributed by atoms with Gasteiger partial charge in [-0.3, -0.25) is 4.90 Å². The lowest BCUT2D eigenvalue weighted by Crippen LogP contribution is -2.25. The highest BCUT2D eigenvalue weighted by atomic mass is 16.5. The van der Waals surface area contributed by atoms with Crippen LogP contribution in [-0.2, 0) is 0 Å². The van der Waals surface area contributed by atoms with Crippen LogP contribution < -0.4 is 4.74 Å². The van der Waals surface area contributed by atoms with Gasteiger partial charge < -0.3 is 9.84 Å². The summed E-state index contributed by atoms with van der Waals surface area (Å²) in [5.74, 6) is 7.63. The average Bonchev–Trinajstić information content (AvgIpc) is 2.85. The van der Waals surface area contributed by atoms with Crippen molar-refractivity contribution in [1.29, 1.82) is 0 Å². The largest absolute Gasteiger partial charge is 0.492 e. The number of hydrogen-bond acceptors (Lipinski definition) is 3. The molecular weight excluding hydrogens is 250 g/mol. The van der Waals surface area contributed by atoms with E-state index >= 15 is 0 Å². The van der Waals surface area contributed by atoms with Crippen LogP contribution >= 0.6 is 0 Å². The van der Waals surface area contributed by atoms with Crippen LogP contribution in [0.2, 0.25) is 0 Å². The number of hydrogen-bond donors (Lipinski definition) is 1. The predicted octanol–water partition coefficient (Wildman–Crippen LogP) is 2.14. The minimum atomic E-state index is 0.109. The van der Waals surface area contributed by atoms with E-state index in [-0.39, 0.29) is 6.61 Å². The fourth-order valence-corrected chi connectivity index (χ4v) is 2.41. The normalized spacial score (nSPS) is 18.6. The number of likely N-dealkylation sites (tertiary alicyclic amines) is 1. The molecule has 1 aliphatic heterocycles. The number of aliphatic hydroxyl groups excluding tert-OH is 1. The van der Waals surface area contributed by atoms with Crippen molar-refractivity contribution < 1.29 is 9.84 Å². The Morgan fingerprint density at radius 3 is 3.10 bits per heavy atom. The SMILES string of the molecule is CC1CCN(CCOc2cccc(C#CCCO)c2)C1. The molecule has 1 aromatic carbocycles. The molecule has 0 spiro atoms. The smallest absolute Gasteiger partial charge is 0.120 e. The summed E-state index contributed by atoms with van der Waals surface area (Å²) in [6.45, 7) is 6.51. The third kappa shape index (κ3) is 4.88. The number of ether oxygens (including phenoxy) is 1. The predicted molar refractivity (Wildman–Crippen MR) is 80.7 cm³/mol. The van der Waals surface area contributed by atoms with E-state index in [9.17, 15) is 0 Å². The Morgan fingerprint density at radius 2 is 2.35 bits per heavy atom. The average molecular weight is 273 g/mol. The molecule has 1 N–H and O–H groups in total. The summed E-state index contributed by atoms with van der Waals surface area (Å²) in [4.78, 5) is 2.45. The van der Waals surface area contributed by atoms with E-state index in [4.69, 9.17) is 9.84 Å². The van der Waals surface area contributed by atoms with Crippen molar-refractivity contribution >= 4 is 0 Å². The molecule has 1 aliphatic rings. The molecule has 1 aromatic rings. The molecule has 0 aliphatic carbocycles. The Morgan fingerprint density at radius 1 is 1.45 bits per heavy atom. The van der Waals surface area contributed by atoms with Gasteiger partial charge in [-0.1, -0.05) is 24.8 Å². The zero-order valence-electron chi connectivity index (χ0n) is 12.1. The van der Waals surface area contributed by atoms with Crippen LogP contribution in [0.15, 0.2) is 24.3 Å². The van der Waals surface area contributed by atoms with Crippen molar-refractivity contribution in [3.63, 3.8) is 0 Å². The quantitative estimate of drug-likeness (QED) is 0.834. The number of aliphatic hydroxyl groups is 1. The Balaban J connectivity index is 1.78. The lowest BCUT2D eigenvalue weighted by Gasteiger charge is -2.15. The Kier molecular flexibility index (Phi) is 5.91. The Labute approximate surface area is 121 Å². The lowest BCUT2D eigenvalue weighted by atomic mass is 10.2. The summed E-state index contributed by atoms with van der Waals surface area (Å²) in [5, 5.41) is 8.71. The van der Waals surface area contributed by atoms with Crippen molar-refractivity contribution in [2.45, 2.75) is 19.8 Å². The summed E-state index contributed by atoms with van der Waals surface area (Å²) < 4.78 is 5.79. The van der Waals surface area contributed by atoms with E-state index in [0.29, 0.717) is 6.42 Å². The molecule has 0 saturated carbocycles. The van der Waals surface area contributed by atoms with Crippen LogP contribution in [0.25, 0.3) is 0 Å². The molecule has 108 valence electrons. The number of rotatable bonds is 5. The van der Waals surface area contributed by atoms with Crippen LogP contribution in [-0.4, -0.2) is 42.9 Å². The van der Waals surface area contributed by atoms with E-state index in [1.165, 1.54) is 19.5 Å². The maximum Gasteiger partial charge on any atom is 0.120 e. The van der Waals surface area contributed by atoms with E-state index in [1.807, 2.05) is 24.3 Å². The van der Waals surface area contributed by atoms with E-state index < -0.39 is 0 Å². The van der Waals surface area contributed by atoms with Crippen LogP contribution in [0.1, 0.15) is 25.3 Å². The fraction of sp³-hybridized carbons (Fsp3) is 0.529. The van der Waals surface area contributed by atoms with Gasteiger partial charge in [-0.25, -0.2) is 0 Å². The summed E-state index contributed by atoms with van der Waals surface area (Å²) in [6.07, 6.45) is 1.81. The third-order valence-corrected chi connectivity index (χ3v) is 3.49. The van der Waals surface area contributed by atoms with Gasteiger partial charge in [-0.15, -0.1) is 0 Å². The molecule has 1 unspecified atom stereocenters. The van der Waals surface area contributed by atoms with Gasteiger partial charge in [0.2, 0.25) is 0 Å². The Bertz CT molecular complexity index is 475. The maximum atomic E-state index is 8.71. The second-order valence-electron chi connectivity index (χ2n) is 5.35. The fourth-order valence-electron chi connectivity index (χ4n) is 2.41. The molecule has 0 amide bonds. The first kappa shape index (κ1) is 14.9. The molecule has 2 rings (SSSR count). The maximum absolute atomic E-state index is 8.71. The van der Waals surface area contributed by atoms with Gasteiger partial charge in [0, 0.05) is 25.1 Å². The van der Waals surface area contributed by atoms with Gasteiger partial charge in [0.15, 0.2) is 0 Å². The van der Waals surface area contributed by atoms with E-state index in [1.54, 1.807) is 0 Å². The van der Waals surface area contributed by atoms with Gasteiger partial charge in [-0.2, -0.15) is 0 Å². The van der Waals surface area contributed by atoms with Crippen molar-refractivity contribution in [3.8, 4) is 17.6 Å². The van der Waals surface area contributed by atoms with Crippen LogP contribution in [0.3, 0.4) is 0 Å². The van der Waals surface area contributed by atoms with Crippen molar-refractivity contribution in [2.24, 2.45) is 5.92 Å². The zero-order chi connectivity index (χ0) is 14.2. The molecule has 1 fully saturated rings. The van der Waals surface area contributed by atoms with Crippen molar-refractivity contribution in [1.82, 2.24) is 4.90 Å². The summed E-state index contributed by atoms with van der Waals surface area (Å²) in [5.41, 5.74) is 0.936. The number of benzene rings is 1. The monoisotopic (exact) mass is 273 g/mol. The molecule has 0 radical (unpaired) electrons. The van der Waals surface area contributed by atoms with Crippen molar-refractivity contribution in [3.05, 3.63) is 29.8 Å². The minimum absolute atomic E-state index is 0.109. The van der Waals surface area contributed by atoms with Gasteiger partial charge in [0.1, 0.15) is 12.4 Å². The van der Waals surface area contributed by atoms with Crippen LogP contribution in [0, 0.1) is 17.8 Å². The van der Waals surface area contributed by atoms with Gasteiger partial charge in [0.05, 0.1) is 6.61 Å².